The summed E-state index contributed by atoms with van der Waals surface area (Å²) in [5.74, 6) is 9.74. The highest BCUT2D eigenvalue weighted by Crippen LogP contribution is 2.33. The van der Waals surface area contributed by atoms with Crippen LogP contribution in [0.15, 0.2) is 63.1 Å². The molecular weight excluding hydrogens is 448 g/mol. The van der Waals surface area contributed by atoms with Gasteiger partial charge in [0.2, 0.25) is 4.90 Å². The molecule has 3 aromatic carbocycles. The number of imidazole rings is 1. The molecule has 13 heteroatoms. The molecule has 157 valence electrons. The predicted octanol–water partition coefficient (Wildman–Crippen LogP) is 1.18. The van der Waals surface area contributed by atoms with Gasteiger partial charge in [0.15, 0.2) is 0 Å². The molecule has 0 aliphatic rings. The van der Waals surface area contributed by atoms with Crippen LogP contribution in [0.5, 0.6) is 0 Å². The van der Waals surface area contributed by atoms with Gasteiger partial charge in [0, 0.05) is 22.9 Å². The van der Waals surface area contributed by atoms with Gasteiger partial charge in [-0.05, 0) is 32.1 Å². The van der Waals surface area contributed by atoms with Crippen molar-refractivity contribution in [2.24, 2.45) is 11.8 Å². The van der Waals surface area contributed by atoms with Crippen LogP contribution in [0.4, 0.5) is 0 Å². The van der Waals surface area contributed by atoms with Gasteiger partial charge in [0.25, 0.3) is 5.56 Å². The van der Waals surface area contributed by atoms with Crippen molar-refractivity contribution in [1.82, 2.24) is 9.38 Å². The van der Waals surface area contributed by atoms with Crippen molar-refractivity contribution in [3.8, 4) is 0 Å². The largest absolute Gasteiger partial charge is 0.447 e. The minimum atomic E-state index is -4.28. The molecule has 0 fully saturated rings. The van der Waals surface area contributed by atoms with Crippen molar-refractivity contribution in [1.29, 1.82) is 0 Å². The van der Waals surface area contributed by atoms with Gasteiger partial charge >= 0.3 is 20.6 Å². The second-order valence-corrected chi connectivity index (χ2v) is 9.85. The lowest BCUT2D eigenvalue weighted by molar-refractivity contribution is 0.261. The van der Waals surface area contributed by atoms with Gasteiger partial charge in [0.1, 0.15) is 5.65 Å². The van der Waals surface area contributed by atoms with Crippen LogP contribution in [-0.4, -0.2) is 17.8 Å². The Balaban J connectivity index is 2.01. The molecule has 4 N–H and O–H groups in total. The van der Waals surface area contributed by atoms with E-state index in [-0.39, 0.29) is 26.3 Å². The Bertz CT molecular complexity index is 1750. The van der Waals surface area contributed by atoms with Crippen molar-refractivity contribution in [3.63, 3.8) is 0 Å². The van der Waals surface area contributed by atoms with Gasteiger partial charge in [-0.2, -0.15) is 24.5 Å². The topological polar surface area (TPSA) is 176 Å². The van der Waals surface area contributed by atoms with Gasteiger partial charge in [-0.25, -0.2) is 4.98 Å². The zero-order chi connectivity index (χ0) is 22.1. The van der Waals surface area contributed by atoms with Gasteiger partial charge in [0.05, 0.1) is 25.9 Å². The summed E-state index contributed by atoms with van der Waals surface area (Å²) in [6.07, 6.45) is 0. The molecule has 0 spiro atoms. The SMILES string of the molecule is NOS(=O)(=O)c1ccc2nc3c4cccc5cc([S+]([O])(=O)ON)cc(c(=O)n3c2c1)c54. The molecule has 11 nitrogen and oxygen atoms in total. The number of pyridine rings is 1. The van der Waals surface area contributed by atoms with E-state index in [0.717, 1.165) is 6.07 Å². The van der Waals surface area contributed by atoms with Crippen molar-refractivity contribution in [2.45, 2.75) is 9.79 Å². The number of rotatable bonds is 4. The molecule has 1 radical (unpaired) electrons. The summed E-state index contributed by atoms with van der Waals surface area (Å²) in [4.78, 5) is 17.3. The van der Waals surface area contributed by atoms with Gasteiger partial charge < -0.3 is 0 Å². The summed E-state index contributed by atoms with van der Waals surface area (Å²) in [5, 5.41) is 1.61. The molecule has 0 bridgehead atoms. The van der Waals surface area contributed by atoms with E-state index >= 15 is 0 Å². The summed E-state index contributed by atoms with van der Waals surface area (Å²) in [5.41, 5.74) is 0.219. The Kier molecular flexibility index (Phi) is 4.16. The van der Waals surface area contributed by atoms with Crippen molar-refractivity contribution in [3.05, 3.63) is 58.9 Å². The molecule has 0 aliphatic heterocycles. The molecule has 0 amide bonds. The average molecular weight is 460 g/mol. The Hall–Kier alpha value is -3.04. The molecule has 0 saturated carbocycles. The lowest BCUT2D eigenvalue weighted by Crippen LogP contribution is -2.19. The number of hydrogen-bond donors (Lipinski definition) is 2. The van der Waals surface area contributed by atoms with Crippen LogP contribution in [0, 0.1) is 0 Å². The summed E-state index contributed by atoms with van der Waals surface area (Å²) < 4.78 is 57.7. The number of nitrogens with two attached hydrogens (primary N) is 2. The number of fused-ring (bicyclic) bond motifs is 4. The second kappa shape index (κ2) is 6.48. The third kappa shape index (κ3) is 2.76. The van der Waals surface area contributed by atoms with Crippen LogP contribution in [0.3, 0.4) is 0 Å². The maximum atomic E-state index is 13.4. The summed E-state index contributed by atoms with van der Waals surface area (Å²) in [6, 6.07) is 11.4. The van der Waals surface area contributed by atoms with E-state index in [0.29, 0.717) is 21.7 Å². The fourth-order valence-electron chi connectivity index (χ4n) is 3.73. The molecule has 2 aromatic heterocycles. The number of benzene rings is 3. The van der Waals surface area contributed by atoms with Gasteiger partial charge in [-0.15, -0.1) is 0 Å². The molecule has 31 heavy (non-hydrogen) atoms. The Labute approximate surface area is 174 Å². The van der Waals surface area contributed by atoms with Crippen LogP contribution in [0.2, 0.25) is 0 Å². The molecule has 2 heterocycles. The molecule has 1 atom stereocenters. The fraction of sp³-hybridized carbons (Fsp3) is 0. The number of aromatic nitrogens is 2. The van der Waals surface area contributed by atoms with E-state index in [4.69, 9.17) is 11.8 Å². The Morgan fingerprint density at radius 1 is 1.03 bits per heavy atom. The zero-order valence-electron chi connectivity index (χ0n) is 15.3. The third-order valence-electron chi connectivity index (χ3n) is 5.08. The molecule has 0 saturated heterocycles. The van der Waals surface area contributed by atoms with E-state index in [1.807, 2.05) is 0 Å². The minimum absolute atomic E-state index is 0.0684. The number of hydrogen-bond acceptors (Lipinski definition) is 9. The maximum absolute atomic E-state index is 13.4. The van der Waals surface area contributed by atoms with E-state index < -0.39 is 26.2 Å². The minimum Gasteiger partial charge on any atom is -0.268 e. The standard InChI is InChI=1S/C18H12N4O7S2/c19-28-30(24,25)10-4-5-14-15(8-10)22-17(21-14)12-3-1-2-9-6-11(31(26,27)29-20)7-13(16(9)12)18(22)23/h1-8H,19-20H2/q+1. The van der Waals surface area contributed by atoms with Crippen molar-refractivity contribution in [2.75, 3.05) is 0 Å². The summed E-state index contributed by atoms with van der Waals surface area (Å²) >= 11 is 0. The first kappa shape index (κ1) is 19.9. The molecule has 0 aliphatic carbocycles. The first-order valence-electron chi connectivity index (χ1n) is 8.59. The second-order valence-electron chi connectivity index (χ2n) is 6.70. The van der Waals surface area contributed by atoms with Crippen LogP contribution in [0.25, 0.3) is 38.2 Å². The molecular formula is C18H12N4O7S2+. The van der Waals surface area contributed by atoms with Crippen LogP contribution >= 0.6 is 0 Å². The maximum Gasteiger partial charge on any atom is 0.447 e. The Morgan fingerprint density at radius 3 is 2.52 bits per heavy atom. The molecule has 5 rings (SSSR count). The first-order valence-corrected chi connectivity index (χ1v) is 11.4. The Morgan fingerprint density at radius 2 is 1.81 bits per heavy atom. The molecule has 1 unspecified atom stereocenters. The van der Waals surface area contributed by atoms with Crippen LogP contribution < -0.4 is 17.4 Å². The predicted molar refractivity (Wildman–Crippen MR) is 110 cm³/mol. The number of nitrogens with zero attached hydrogens (tertiary/aromatic N) is 2. The smallest absolute Gasteiger partial charge is 0.268 e. The zero-order valence-corrected chi connectivity index (χ0v) is 17.0. The molecule has 5 aromatic rings. The average Bonchev–Trinajstić information content (AvgIpc) is 3.16. The lowest BCUT2D eigenvalue weighted by atomic mass is 10.0. The highest BCUT2D eigenvalue weighted by Gasteiger charge is 2.35. The first-order chi connectivity index (χ1) is 14.7. The van der Waals surface area contributed by atoms with Gasteiger partial charge in [-0.3, -0.25) is 9.20 Å². The highest BCUT2D eigenvalue weighted by atomic mass is 32.3. The summed E-state index contributed by atoms with van der Waals surface area (Å²) in [7, 11) is -8.51. The van der Waals surface area contributed by atoms with E-state index in [1.54, 1.807) is 18.2 Å². The highest BCUT2D eigenvalue weighted by molar-refractivity contribution is 7.93. The third-order valence-corrected chi connectivity index (χ3v) is 7.23. The van der Waals surface area contributed by atoms with Crippen molar-refractivity contribution >= 4 is 58.8 Å². The quantitative estimate of drug-likeness (QED) is 0.294. The lowest BCUT2D eigenvalue weighted by Gasteiger charge is -2.08. The van der Waals surface area contributed by atoms with E-state index in [1.165, 1.54) is 28.7 Å². The van der Waals surface area contributed by atoms with E-state index in [9.17, 15) is 22.0 Å². The van der Waals surface area contributed by atoms with Crippen LogP contribution in [0.1, 0.15) is 0 Å². The fourth-order valence-corrected chi connectivity index (χ4v) is 4.97. The van der Waals surface area contributed by atoms with Crippen LogP contribution in [-0.2, 0) is 37.9 Å². The summed E-state index contributed by atoms with van der Waals surface area (Å²) in [6.45, 7) is 0. The van der Waals surface area contributed by atoms with Gasteiger partial charge in [-0.1, -0.05) is 18.2 Å². The van der Waals surface area contributed by atoms with Crippen molar-refractivity contribution < 1.29 is 25.7 Å². The van der Waals surface area contributed by atoms with E-state index in [2.05, 4.69) is 13.6 Å². The monoisotopic (exact) mass is 460 g/mol. The normalized spacial score (nSPS) is 14.7.